The predicted octanol–water partition coefficient (Wildman–Crippen LogP) is 4.57. The molecule has 1 N–H and O–H groups in total. The van der Waals surface area contributed by atoms with Crippen molar-refractivity contribution in [1.82, 2.24) is 0 Å². The van der Waals surface area contributed by atoms with Gasteiger partial charge in [0.1, 0.15) is 22.7 Å². The number of esters is 1. The Hall–Kier alpha value is -4.20. The van der Waals surface area contributed by atoms with Crippen LogP contribution in [0.3, 0.4) is 0 Å². The number of hydrogen-bond donors (Lipinski definition) is 1. The molecule has 1 atom stereocenters. The van der Waals surface area contributed by atoms with E-state index < -0.39 is 22.9 Å². The van der Waals surface area contributed by atoms with Crippen LogP contribution >= 0.6 is 0 Å². The normalized spacial score (nSPS) is 11.2. The van der Waals surface area contributed by atoms with E-state index in [0.717, 1.165) is 0 Å². The molecule has 3 rings (SSSR count). The number of carbonyl (C=O) groups excluding carboxylic acids is 2. The van der Waals surface area contributed by atoms with E-state index >= 15 is 0 Å². The van der Waals surface area contributed by atoms with Crippen molar-refractivity contribution in [3.05, 3.63) is 94.5 Å². The minimum absolute atomic E-state index is 0.0169. The molecular formula is C22H18N2O6. The van der Waals surface area contributed by atoms with Crippen molar-refractivity contribution in [2.75, 3.05) is 5.32 Å². The fourth-order valence-corrected chi connectivity index (χ4v) is 2.59. The molecular weight excluding hydrogens is 388 g/mol. The van der Waals surface area contributed by atoms with Crippen LogP contribution in [-0.4, -0.2) is 22.9 Å². The summed E-state index contributed by atoms with van der Waals surface area (Å²) < 4.78 is 11.0. The Balaban J connectivity index is 1.70. The van der Waals surface area contributed by atoms with Gasteiger partial charge in [0, 0.05) is 6.07 Å². The van der Waals surface area contributed by atoms with E-state index in [0.29, 0.717) is 5.75 Å². The molecule has 152 valence electrons. The quantitative estimate of drug-likeness (QED) is 0.350. The van der Waals surface area contributed by atoms with Crippen molar-refractivity contribution < 1.29 is 24.0 Å². The molecule has 0 aromatic heterocycles. The van der Waals surface area contributed by atoms with Gasteiger partial charge in [-0.2, -0.15) is 0 Å². The SMILES string of the molecule is C[C@@H](OC(=O)c1ccccc1Oc1ccccc1)C(=O)Nc1ccccc1[N+](=O)[O-]. The highest BCUT2D eigenvalue weighted by Crippen LogP contribution is 2.26. The molecule has 3 aromatic carbocycles. The molecule has 0 aliphatic carbocycles. The number of anilines is 1. The van der Waals surface area contributed by atoms with Gasteiger partial charge in [0.15, 0.2) is 6.10 Å². The monoisotopic (exact) mass is 406 g/mol. The van der Waals surface area contributed by atoms with E-state index in [1.807, 2.05) is 6.07 Å². The second kappa shape index (κ2) is 9.33. The van der Waals surface area contributed by atoms with Gasteiger partial charge in [0.2, 0.25) is 0 Å². The lowest BCUT2D eigenvalue weighted by atomic mass is 10.2. The zero-order valence-electron chi connectivity index (χ0n) is 16.0. The number of nitro groups is 1. The van der Waals surface area contributed by atoms with Crippen LogP contribution in [0.5, 0.6) is 11.5 Å². The first-order chi connectivity index (χ1) is 14.5. The fourth-order valence-electron chi connectivity index (χ4n) is 2.59. The number of carbonyl (C=O) groups is 2. The molecule has 0 saturated carbocycles. The van der Waals surface area contributed by atoms with Gasteiger partial charge < -0.3 is 14.8 Å². The maximum Gasteiger partial charge on any atom is 0.342 e. The minimum atomic E-state index is -1.19. The van der Waals surface area contributed by atoms with Crippen LogP contribution in [0.15, 0.2) is 78.9 Å². The van der Waals surface area contributed by atoms with Gasteiger partial charge in [-0.3, -0.25) is 14.9 Å². The first kappa shape index (κ1) is 20.5. The molecule has 8 heteroatoms. The Bertz CT molecular complexity index is 1070. The Morgan fingerprint density at radius 3 is 2.30 bits per heavy atom. The van der Waals surface area contributed by atoms with Crippen LogP contribution in [0.4, 0.5) is 11.4 Å². The lowest BCUT2D eigenvalue weighted by molar-refractivity contribution is -0.383. The number of para-hydroxylation sites is 4. The number of rotatable bonds is 7. The van der Waals surface area contributed by atoms with Crippen LogP contribution < -0.4 is 10.1 Å². The van der Waals surface area contributed by atoms with E-state index in [1.54, 1.807) is 48.5 Å². The van der Waals surface area contributed by atoms with Crippen LogP contribution in [0.1, 0.15) is 17.3 Å². The summed E-state index contributed by atoms with van der Waals surface area (Å²) in [5.74, 6) is -0.634. The van der Waals surface area contributed by atoms with Crippen molar-refractivity contribution in [2.45, 2.75) is 13.0 Å². The van der Waals surface area contributed by atoms with E-state index in [9.17, 15) is 19.7 Å². The summed E-state index contributed by atoms with van der Waals surface area (Å²) in [7, 11) is 0. The molecule has 0 unspecified atom stereocenters. The van der Waals surface area contributed by atoms with Crippen molar-refractivity contribution in [3.63, 3.8) is 0 Å². The highest BCUT2D eigenvalue weighted by molar-refractivity contribution is 5.99. The van der Waals surface area contributed by atoms with Gasteiger partial charge in [0.05, 0.1) is 4.92 Å². The van der Waals surface area contributed by atoms with E-state index in [2.05, 4.69) is 5.32 Å². The lowest BCUT2D eigenvalue weighted by Gasteiger charge is -2.15. The van der Waals surface area contributed by atoms with E-state index in [1.165, 1.54) is 31.2 Å². The second-order valence-corrected chi connectivity index (χ2v) is 6.22. The van der Waals surface area contributed by atoms with Gasteiger partial charge in [-0.1, -0.05) is 42.5 Å². The molecule has 0 saturated heterocycles. The van der Waals surface area contributed by atoms with Crippen molar-refractivity contribution >= 4 is 23.3 Å². The summed E-state index contributed by atoms with van der Waals surface area (Å²) in [4.78, 5) is 35.5. The Morgan fingerprint density at radius 2 is 1.57 bits per heavy atom. The molecule has 30 heavy (non-hydrogen) atoms. The molecule has 3 aromatic rings. The zero-order chi connectivity index (χ0) is 21.5. The number of nitrogens with one attached hydrogen (secondary N) is 1. The number of hydrogen-bond acceptors (Lipinski definition) is 6. The molecule has 0 aliphatic heterocycles. The van der Waals surface area contributed by atoms with Gasteiger partial charge in [0.25, 0.3) is 11.6 Å². The smallest absolute Gasteiger partial charge is 0.342 e. The summed E-state index contributed by atoms with van der Waals surface area (Å²) in [6.45, 7) is 1.38. The largest absolute Gasteiger partial charge is 0.456 e. The van der Waals surface area contributed by atoms with Gasteiger partial charge in [-0.15, -0.1) is 0 Å². The van der Waals surface area contributed by atoms with Gasteiger partial charge >= 0.3 is 5.97 Å². The molecule has 0 radical (unpaired) electrons. The Labute approximate surface area is 172 Å². The topological polar surface area (TPSA) is 108 Å². The average molecular weight is 406 g/mol. The third-order valence-corrected chi connectivity index (χ3v) is 4.09. The number of nitro benzene ring substituents is 1. The Kier molecular flexibility index (Phi) is 6.39. The number of ether oxygens (including phenoxy) is 2. The van der Waals surface area contributed by atoms with Gasteiger partial charge in [-0.05, 0) is 37.3 Å². The van der Waals surface area contributed by atoms with Crippen LogP contribution in [0, 0.1) is 10.1 Å². The highest BCUT2D eigenvalue weighted by Gasteiger charge is 2.23. The summed E-state index contributed by atoms with van der Waals surface area (Å²) in [6.07, 6.45) is -1.19. The van der Waals surface area contributed by atoms with Crippen LogP contribution in [0.2, 0.25) is 0 Å². The summed E-state index contributed by atoms with van der Waals surface area (Å²) in [5.41, 5.74) is -0.0964. The summed E-state index contributed by atoms with van der Waals surface area (Å²) in [5, 5.41) is 13.5. The third-order valence-electron chi connectivity index (χ3n) is 4.09. The third kappa shape index (κ3) is 4.99. The fraction of sp³-hybridized carbons (Fsp3) is 0.0909. The van der Waals surface area contributed by atoms with Crippen LogP contribution in [0.25, 0.3) is 0 Å². The van der Waals surface area contributed by atoms with E-state index in [4.69, 9.17) is 9.47 Å². The molecule has 0 aliphatic rings. The van der Waals surface area contributed by atoms with E-state index in [-0.39, 0.29) is 22.7 Å². The number of nitrogens with zero attached hydrogens (tertiary/aromatic N) is 1. The molecule has 8 nitrogen and oxygen atoms in total. The molecule has 0 spiro atoms. The average Bonchev–Trinajstić information content (AvgIpc) is 2.75. The first-order valence-corrected chi connectivity index (χ1v) is 9.03. The standard InChI is InChI=1S/C22H18N2O6/c1-15(21(25)23-18-12-6-7-13-19(18)24(27)28)29-22(26)17-11-5-8-14-20(17)30-16-9-3-2-4-10-16/h2-15H,1H3,(H,23,25)/t15-/m1/s1. The number of amides is 1. The first-order valence-electron chi connectivity index (χ1n) is 9.03. The molecule has 0 heterocycles. The van der Waals surface area contributed by atoms with Crippen LogP contribution in [-0.2, 0) is 9.53 Å². The van der Waals surface area contributed by atoms with Crippen molar-refractivity contribution in [3.8, 4) is 11.5 Å². The zero-order valence-corrected chi connectivity index (χ0v) is 16.0. The maximum atomic E-state index is 12.6. The minimum Gasteiger partial charge on any atom is -0.456 e. The Morgan fingerprint density at radius 1 is 0.933 bits per heavy atom. The number of benzene rings is 3. The summed E-state index contributed by atoms with van der Waals surface area (Å²) in [6, 6.07) is 21.1. The molecule has 0 fully saturated rings. The second-order valence-electron chi connectivity index (χ2n) is 6.22. The highest BCUT2D eigenvalue weighted by atomic mass is 16.6. The van der Waals surface area contributed by atoms with Crippen molar-refractivity contribution in [2.24, 2.45) is 0 Å². The van der Waals surface area contributed by atoms with Crippen molar-refractivity contribution in [1.29, 1.82) is 0 Å². The van der Waals surface area contributed by atoms with Gasteiger partial charge in [-0.25, -0.2) is 4.79 Å². The lowest BCUT2D eigenvalue weighted by Crippen LogP contribution is -2.30. The molecule has 1 amide bonds. The molecule has 0 bridgehead atoms. The predicted molar refractivity (Wildman–Crippen MR) is 110 cm³/mol. The maximum absolute atomic E-state index is 12.6. The summed E-state index contributed by atoms with van der Waals surface area (Å²) >= 11 is 0.